The number of aromatic nitrogens is 1. The summed E-state index contributed by atoms with van der Waals surface area (Å²) in [7, 11) is 0. The van der Waals surface area contributed by atoms with Gasteiger partial charge in [-0.2, -0.15) is 0 Å². The van der Waals surface area contributed by atoms with Gasteiger partial charge in [0.1, 0.15) is 5.75 Å². The molecule has 0 unspecified atom stereocenters. The molecule has 0 bridgehead atoms. The number of nitrogens with zero attached hydrogens (tertiary/aromatic N) is 2. The molecule has 0 aliphatic heterocycles. The molecule has 1 aromatic heterocycles. The van der Waals surface area contributed by atoms with Gasteiger partial charge in [0.05, 0.1) is 5.69 Å². The van der Waals surface area contributed by atoms with Gasteiger partial charge in [0, 0.05) is 22.7 Å². The van der Waals surface area contributed by atoms with E-state index in [1.165, 1.54) is 49.0 Å². The van der Waals surface area contributed by atoms with E-state index in [0.717, 1.165) is 17.2 Å². The summed E-state index contributed by atoms with van der Waals surface area (Å²) in [5, 5.41) is 12.5. The number of aliphatic imine (C=N–C) groups is 1. The molecular weight excluding hydrogens is 340 g/mol. The lowest BCUT2D eigenvalue weighted by Crippen LogP contribution is -2.04. The molecule has 1 heterocycles. The van der Waals surface area contributed by atoms with E-state index in [1.54, 1.807) is 18.3 Å². The third-order valence-electron chi connectivity index (χ3n) is 5.03. The summed E-state index contributed by atoms with van der Waals surface area (Å²) in [6.45, 7) is 0. The molecule has 0 saturated heterocycles. The molecule has 2 aromatic carbocycles. The number of rotatable bonds is 4. The van der Waals surface area contributed by atoms with Crippen LogP contribution in [0.15, 0.2) is 58.9 Å². The summed E-state index contributed by atoms with van der Waals surface area (Å²) < 4.78 is 0. The van der Waals surface area contributed by atoms with Gasteiger partial charge in [-0.1, -0.05) is 55.7 Å². The maximum Gasteiger partial charge on any atom is 0.209 e. The summed E-state index contributed by atoms with van der Waals surface area (Å²) in [5.74, 6) is 0.957. The van der Waals surface area contributed by atoms with Crippen molar-refractivity contribution in [1.82, 2.24) is 4.98 Å². The molecule has 26 heavy (non-hydrogen) atoms. The molecule has 1 saturated carbocycles. The summed E-state index contributed by atoms with van der Waals surface area (Å²) in [5.41, 5.74) is 4.24. The highest BCUT2D eigenvalue weighted by atomic mass is 32.1. The Labute approximate surface area is 158 Å². The first-order chi connectivity index (χ1) is 12.8. The Morgan fingerprint density at radius 1 is 1.00 bits per heavy atom. The Kier molecular flexibility index (Phi) is 5.12. The number of para-hydroxylation sites is 1. The summed E-state index contributed by atoms with van der Waals surface area (Å²) in [6.07, 6.45) is 8.40. The fraction of sp³-hybridized carbons (Fsp3) is 0.273. The van der Waals surface area contributed by atoms with Gasteiger partial charge in [-0.05, 0) is 36.5 Å². The van der Waals surface area contributed by atoms with Crippen molar-refractivity contribution in [2.45, 2.75) is 38.0 Å². The monoisotopic (exact) mass is 362 g/mol. The molecule has 4 heteroatoms. The Morgan fingerprint density at radius 2 is 1.77 bits per heavy atom. The van der Waals surface area contributed by atoms with Crippen LogP contribution in [0.1, 0.15) is 49.1 Å². The number of hydrogen-bond donors (Lipinski definition) is 1. The molecule has 4 rings (SSSR count). The van der Waals surface area contributed by atoms with Crippen LogP contribution in [-0.4, -0.2) is 16.3 Å². The van der Waals surface area contributed by atoms with E-state index < -0.39 is 0 Å². The first-order valence-electron chi connectivity index (χ1n) is 9.17. The van der Waals surface area contributed by atoms with E-state index in [2.05, 4.69) is 34.2 Å². The zero-order chi connectivity index (χ0) is 17.8. The molecule has 0 radical (unpaired) electrons. The standard InChI is InChI=1S/C22H22N2OS/c25-21-9-5-4-8-19(21)14-23-22-24-20(15-26-22)18-12-10-17(11-13-18)16-6-2-1-3-7-16/h4-5,8-16,25H,1-3,6-7H2. The van der Waals surface area contributed by atoms with Crippen LogP contribution in [0.25, 0.3) is 11.3 Å². The largest absolute Gasteiger partial charge is 0.507 e. The molecule has 1 N–H and O–H groups in total. The van der Waals surface area contributed by atoms with Crippen molar-refractivity contribution in [1.29, 1.82) is 0 Å². The van der Waals surface area contributed by atoms with E-state index >= 15 is 0 Å². The van der Waals surface area contributed by atoms with Crippen molar-refractivity contribution in [2.24, 2.45) is 4.99 Å². The SMILES string of the molecule is Oc1ccccc1C=Nc1nc(-c2ccc(C3CCCCC3)cc2)cs1. The quantitative estimate of drug-likeness (QED) is 0.552. The summed E-state index contributed by atoms with van der Waals surface area (Å²) in [6, 6.07) is 16.0. The van der Waals surface area contributed by atoms with Crippen LogP contribution in [0.4, 0.5) is 5.13 Å². The third-order valence-corrected chi connectivity index (χ3v) is 5.77. The number of phenols is 1. The minimum Gasteiger partial charge on any atom is -0.507 e. The van der Waals surface area contributed by atoms with Crippen molar-refractivity contribution in [2.75, 3.05) is 0 Å². The molecule has 3 nitrogen and oxygen atoms in total. The van der Waals surface area contributed by atoms with Crippen LogP contribution in [-0.2, 0) is 0 Å². The van der Waals surface area contributed by atoms with Crippen LogP contribution < -0.4 is 0 Å². The molecule has 3 aromatic rings. The number of thiazole rings is 1. The molecule has 1 fully saturated rings. The Hall–Kier alpha value is -2.46. The molecular formula is C22H22N2OS. The van der Waals surface area contributed by atoms with Gasteiger partial charge in [0.15, 0.2) is 0 Å². The molecule has 132 valence electrons. The van der Waals surface area contributed by atoms with Crippen LogP contribution in [0.2, 0.25) is 0 Å². The van der Waals surface area contributed by atoms with Gasteiger partial charge in [-0.25, -0.2) is 9.98 Å². The van der Waals surface area contributed by atoms with E-state index in [1.807, 2.05) is 17.5 Å². The Balaban J connectivity index is 1.48. The predicted molar refractivity (Wildman–Crippen MR) is 109 cm³/mol. The summed E-state index contributed by atoms with van der Waals surface area (Å²) in [4.78, 5) is 9.00. The zero-order valence-electron chi connectivity index (χ0n) is 14.6. The molecule has 0 atom stereocenters. The predicted octanol–water partition coefficient (Wildman–Crippen LogP) is 6.31. The minimum absolute atomic E-state index is 0.228. The molecule has 1 aliphatic carbocycles. The van der Waals surface area contributed by atoms with Crippen LogP contribution in [0, 0.1) is 0 Å². The van der Waals surface area contributed by atoms with E-state index in [9.17, 15) is 5.11 Å². The Bertz CT molecular complexity index is 893. The summed E-state index contributed by atoms with van der Waals surface area (Å²) >= 11 is 1.51. The van der Waals surface area contributed by atoms with Gasteiger partial charge in [-0.3, -0.25) is 0 Å². The lowest BCUT2D eigenvalue weighted by Gasteiger charge is -2.22. The number of benzene rings is 2. The van der Waals surface area contributed by atoms with Gasteiger partial charge >= 0.3 is 0 Å². The van der Waals surface area contributed by atoms with Crippen LogP contribution in [0.3, 0.4) is 0 Å². The van der Waals surface area contributed by atoms with E-state index in [4.69, 9.17) is 0 Å². The van der Waals surface area contributed by atoms with Crippen LogP contribution >= 0.6 is 11.3 Å². The molecule has 1 aliphatic rings. The maximum atomic E-state index is 9.80. The Morgan fingerprint density at radius 3 is 2.54 bits per heavy atom. The second-order valence-electron chi connectivity index (χ2n) is 6.79. The first-order valence-corrected chi connectivity index (χ1v) is 10.1. The average Bonchev–Trinajstić information content (AvgIpc) is 3.17. The zero-order valence-corrected chi connectivity index (χ0v) is 15.5. The van der Waals surface area contributed by atoms with E-state index in [-0.39, 0.29) is 5.75 Å². The van der Waals surface area contributed by atoms with Gasteiger partial charge in [-0.15, -0.1) is 11.3 Å². The number of aromatic hydroxyl groups is 1. The van der Waals surface area contributed by atoms with Crippen molar-refractivity contribution in [3.05, 3.63) is 65.0 Å². The highest BCUT2D eigenvalue weighted by molar-refractivity contribution is 7.13. The second-order valence-corrected chi connectivity index (χ2v) is 7.63. The molecule has 0 spiro atoms. The topological polar surface area (TPSA) is 45.5 Å². The normalized spacial score (nSPS) is 15.5. The van der Waals surface area contributed by atoms with Crippen molar-refractivity contribution >= 4 is 22.7 Å². The van der Waals surface area contributed by atoms with Gasteiger partial charge in [0.25, 0.3) is 0 Å². The van der Waals surface area contributed by atoms with E-state index in [0.29, 0.717) is 10.7 Å². The fourth-order valence-corrected chi connectivity index (χ4v) is 4.21. The van der Waals surface area contributed by atoms with Crippen molar-refractivity contribution in [3.63, 3.8) is 0 Å². The third kappa shape index (κ3) is 3.86. The van der Waals surface area contributed by atoms with Crippen LogP contribution in [0.5, 0.6) is 5.75 Å². The lowest BCUT2D eigenvalue weighted by atomic mass is 9.84. The van der Waals surface area contributed by atoms with Crippen molar-refractivity contribution in [3.8, 4) is 17.0 Å². The number of hydrogen-bond acceptors (Lipinski definition) is 4. The molecule has 0 amide bonds. The first kappa shape index (κ1) is 17.0. The highest BCUT2D eigenvalue weighted by Crippen LogP contribution is 2.34. The average molecular weight is 362 g/mol. The van der Waals surface area contributed by atoms with Gasteiger partial charge < -0.3 is 5.11 Å². The lowest BCUT2D eigenvalue weighted by molar-refractivity contribution is 0.443. The highest BCUT2D eigenvalue weighted by Gasteiger charge is 2.15. The van der Waals surface area contributed by atoms with Crippen molar-refractivity contribution < 1.29 is 5.11 Å². The number of phenolic OH excluding ortho intramolecular Hbond substituents is 1. The van der Waals surface area contributed by atoms with Gasteiger partial charge in [0.2, 0.25) is 5.13 Å². The second kappa shape index (κ2) is 7.83. The maximum absolute atomic E-state index is 9.80. The smallest absolute Gasteiger partial charge is 0.209 e. The fourth-order valence-electron chi connectivity index (χ4n) is 3.54. The minimum atomic E-state index is 0.228.